The maximum atomic E-state index is 3.65. The number of thiophene rings is 1. The minimum atomic E-state index is 0.684. The highest BCUT2D eigenvalue weighted by molar-refractivity contribution is 7.09. The van der Waals surface area contributed by atoms with Crippen LogP contribution < -0.4 is 5.32 Å². The Labute approximate surface area is 97.9 Å². The molecule has 0 aliphatic carbocycles. The molecule has 1 aromatic rings. The van der Waals surface area contributed by atoms with Gasteiger partial charge in [0.15, 0.2) is 0 Å². The summed E-state index contributed by atoms with van der Waals surface area (Å²) >= 11 is 1.88. The highest BCUT2D eigenvalue weighted by Crippen LogP contribution is 2.14. The highest BCUT2D eigenvalue weighted by Gasteiger charge is 2.08. The third kappa shape index (κ3) is 5.33. The molecule has 15 heavy (non-hydrogen) atoms. The zero-order chi connectivity index (χ0) is 10.9. The Kier molecular flexibility index (Phi) is 6.69. The van der Waals surface area contributed by atoms with Crippen molar-refractivity contribution in [3.63, 3.8) is 0 Å². The van der Waals surface area contributed by atoms with Crippen molar-refractivity contribution in [3.05, 3.63) is 22.4 Å². The van der Waals surface area contributed by atoms with Crippen LogP contribution in [0.4, 0.5) is 0 Å². The molecule has 1 N–H and O–H groups in total. The monoisotopic (exact) mass is 225 g/mol. The molecule has 0 saturated carbocycles. The number of hydrogen-bond donors (Lipinski definition) is 1. The summed E-state index contributed by atoms with van der Waals surface area (Å²) in [5.41, 5.74) is 0. The van der Waals surface area contributed by atoms with E-state index in [0.29, 0.717) is 6.04 Å². The Balaban J connectivity index is 2.33. The van der Waals surface area contributed by atoms with Crippen molar-refractivity contribution in [2.45, 2.75) is 52.0 Å². The van der Waals surface area contributed by atoms with Gasteiger partial charge < -0.3 is 5.32 Å². The standard InChI is InChI=1S/C13H23NS/c1-3-5-7-12(14-9-4-2)11-13-8-6-10-15-13/h6,8,10,12,14H,3-5,7,9,11H2,1-2H3. The van der Waals surface area contributed by atoms with Gasteiger partial charge in [0.2, 0.25) is 0 Å². The van der Waals surface area contributed by atoms with Gasteiger partial charge in [-0.15, -0.1) is 11.3 Å². The van der Waals surface area contributed by atoms with Gasteiger partial charge in [-0.1, -0.05) is 32.8 Å². The smallest absolute Gasteiger partial charge is 0.0115 e. The van der Waals surface area contributed by atoms with E-state index in [1.807, 2.05) is 11.3 Å². The average Bonchev–Trinajstić information content (AvgIpc) is 2.74. The normalized spacial score (nSPS) is 12.9. The molecule has 0 amide bonds. The fourth-order valence-electron chi connectivity index (χ4n) is 1.75. The van der Waals surface area contributed by atoms with Crippen molar-refractivity contribution in [3.8, 4) is 0 Å². The summed E-state index contributed by atoms with van der Waals surface area (Å²) in [7, 11) is 0. The summed E-state index contributed by atoms with van der Waals surface area (Å²) in [6, 6.07) is 5.08. The first-order valence-electron chi connectivity index (χ1n) is 6.12. The molecule has 1 heterocycles. The molecule has 1 rings (SSSR count). The zero-order valence-corrected chi connectivity index (χ0v) is 10.8. The Morgan fingerprint density at radius 3 is 2.80 bits per heavy atom. The predicted molar refractivity (Wildman–Crippen MR) is 69.6 cm³/mol. The van der Waals surface area contributed by atoms with Gasteiger partial charge in [-0.25, -0.2) is 0 Å². The zero-order valence-electron chi connectivity index (χ0n) is 9.96. The second-order valence-corrected chi connectivity index (χ2v) is 5.11. The molecule has 1 atom stereocenters. The summed E-state index contributed by atoms with van der Waals surface area (Å²) in [6.07, 6.45) is 6.39. The van der Waals surface area contributed by atoms with E-state index in [2.05, 4.69) is 36.7 Å². The molecule has 1 aromatic heterocycles. The fraction of sp³-hybridized carbons (Fsp3) is 0.692. The molecule has 0 spiro atoms. The second-order valence-electron chi connectivity index (χ2n) is 4.08. The van der Waals surface area contributed by atoms with Gasteiger partial charge >= 0.3 is 0 Å². The lowest BCUT2D eigenvalue weighted by Gasteiger charge is -2.17. The fourth-order valence-corrected chi connectivity index (χ4v) is 2.53. The van der Waals surface area contributed by atoms with Crippen molar-refractivity contribution in [1.29, 1.82) is 0 Å². The van der Waals surface area contributed by atoms with Gasteiger partial charge in [-0.3, -0.25) is 0 Å². The summed E-state index contributed by atoms with van der Waals surface area (Å²) in [4.78, 5) is 1.51. The maximum absolute atomic E-state index is 3.65. The van der Waals surface area contributed by atoms with E-state index in [1.54, 1.807) is 0 Å². The molecule has 1 unspecified atom stereocenters. The van der Waals surface area contributed by atoms with Crippen LogP contribution in [-0.4, -0.2) is 12.6 Å². The molecule has 0 aliphatic rings. The maximum Gasteiger partial charge on any atom is 0.0115 e. The van der Waals surface area contributed by atoms with Gasteiger partial charge in [-0.2, -0.15) is 0 Å². The van der Waals surface area contributed by atoms with Crippen LogP contribution >= 0.6 is 11.3 Å². The van der Waals surface area contributed by atoms with Crippen LogP contribution in [0.1, 0.15) is 44.4 Å². The molecule has 0 fully saturated rings. The lowest BCUT2D eigenvalue weighted by atomic mass is 10.1. The Morgan fingerprint density at radius 2 is 2.20 bits per heavy atom. The van der Waals surface area contributed by atoms with Crippen molar-refractivity contribution >= 4 is 11.3 Å². The molecule has 0 radical (unpaired) electrons. The number of hydrogen-bond acceptors (Lipinski definition) is 2. The summed E-state index contributed by atoms with van der Waals surface area (Å²) in [6.45, 7) is 5.65. The van der Waals surface area contributed by atoms with Crippen LogP contribution in [0.3, 0.4) is 0 Å². The summed E-state index contributed by atoms with van der Waals surface area (Å²) in [5.74, 6) is 0. The topological polar surface area (TPSA) is 12.0 Å². The van der Waals surface area contributed by atoms with Crippen LogP contribution in [0.5, 0.6) is 0 Å². The molecular formula is C13H23NS. The van der Waals surface area contributed by atoms with Crippen LogP contribution in [0.2, 0.25) is 0 Å². The van der Waals surface area contributed by atoms with Crippen LogP contribution in [0.15, 0.2) is 17.5 Å². The Hall–Kier alpha value is -0.340. The second kappa shape index (κ2) is 7.89. The third-order valence-electron chi connectivity index (χ3n) is 2.62. The minimum Gasteiger partial charge on any atom is -0.314 e. The van der Waals surface area contributed by atoms with Gasteiger partial charge in [0.1, 0.15) is 0 Å². The van der Waals surface area contributed by atoms with Crippen LogP contribution in [0, 0.1) is 0 Å². The van der Waals surface area contributed by atoms with E-state index in [1.165, 1.54) is 37.0 Å². The first-order chi connectivity index (χ1) is 7.36. The van der Waals surface area contributed by atoms with E-state index in [9.17, 15) is 0 Å². The average molecular weight is 225 g/mol. The van der Waals surface area contributed by atoms with Crippen molar-refractivity contribution in [2.75, 3.05) is 6.54 Å². The lowest BCUT2D eigenvalue weighted by Crippen LogP contribution is -2.31. The SMILES string of the molecule is CCCCC(Cc1cccs1)NCCC. The first-order valence-corrected chi connectivity index (χ1v) is 7.00. The molecule has 86 valence electrons. The van der Waals surface area contributed by atoms with E-state index in [0.717, 1.165) is 6.54 Å². The van der Waals surface area contributed by atoms with Gasteiger partial charge in [-0.05, 0) is 37.3 Å². The van der Waals surface area contributed by atoms with Crippen molar-refractivity contribution in [2.24, 2.45) is 0 Å². The molecule has 2 heteroatoms. The van der Waals surface area contributed by atoms with Crippen LogP contribution in [0.25, 0.3) is 0 Å². The molecule has 0 saturated heterocycles. The predicted octanol–water partition coefficient (Wildman–Crippen LogP) is 3.85. The molecule has 0 aromatic carbocycles. The molecule has 0 bridgehead atoms. The summed E-state index contributed by atoms with van der Waals surface area (Å²) < 4.78 is 0. The van der Waals surface area contributed by atoms with Gasteiger partial charge in [0.25, 0.3) is 0 Å². The highest BCUT2D eigenvalue weighted by atomic mass is 32.1. The van der Waals surface area contributed by atoms with E-state index < -0.39 is 0 Å². The summed E-state index contributed by atoms with van der Waals surface area (Å²) in [5, 5.41) is 5.82. The quantitative estimate of drug-likeness (QED) is 0.708. The van der Waals surface area contributed by atoms with Gasteiger partial charge in [0, 0.05) is 10.9 Å². The number of unbranched alkanes of at least 4 members (excludes halogenated alkanes) is 1. The molecule has 1 nitrogen and oxygen atoms in total. The van der Waals surface area contributed by atoms with Crippen molar-refractivity contribution in [1.82, 2.24) is 5.32 Å². The van der Waals surface area contributed by atoms with E-state index in [4.69, 9.17) is 0 Å². The van der Waals surface area contributed by atoms with Crippen LogP contribution in [-0.2, 0) is 6.42 Å². The Morgan fingerprint density at radius 1 is 1.33 bits per heavy atom. The third-order valence-corrected chi connectivity index (χ3v) is 3.52. The largest absolute Gasteiger partial charge is 0.314 e. The number of rotatable bonds is 8. The minimum absolute atomic E-state index is 0.684. The molecule has 0 aliphatic heterocycles. The Bertz CT molecular complexity index is 223. The van der Waals surface area contributed by atoms with Gasteiger partial charge in [0.05, 0.1) is 0 Å². The van der Waals surface area contributed by atoms with E-state index >= 15 is 0 Å². The molecular weight excluding hydrogens is 202 g/mol. The van der Waals surface area contributed by atoms with Crippen molar-refractivity contribution < 1.29 is 0 Å². The van der Waals surface area contributed by atoms with E-state index in [-0.39, 0.29) is 0 Å². The first kappa shape index (κ1) is 12.7. The number of nitrogens with one attached hydrogen (secondary N) is 1. The lowest BCUT2D eigenvalue weighted by molar-refractivity contribution is 0.464.